The first kappa shape index (κ1) is 16.9. The Morgan fingerprint density at radius 2 is 1.71 bits per heavy atom. The Kier molecular flexibility index (Phi) is 4.87. The molecule has 0 spiro atoms. The fraction of sp³-hybridized carbons (Fsp3) is 0.333. The van der Waals surface area contributed by atoms with Crippen LogP contribution in [0.5, 0.6) is 0 Å². The van der Waals surface area contributed by atoms with Crippen LogP contribution in [0.1, 0.15) is 5.56 Å². The molecule has 6 heteroatoms. The van der Waals surface area contributed by atoms with E-state index >= 15 is 0 Å². The molecule has 1 aliphatic rings. The van der Waals surface area contributed by atoms with Gasteiger partial charge in [0.25, 0.3) is 0 Å². The van der Waals surface area contributed by atoms with Crippen molar-refractivity contribution in [3.05, 3.63) is 59.9 Å². The summed E-state index contributed by atoms with van der Waals surface area (Å²) in [6.07, 6.45) is 1.24. The molecule has 1 heterocycles. The maximum atomic E-state index is 13.3. The first-order valence-electron chi connectivity index (χ1n) is 7.94. The lowest BCUT2D eigenvalue weighted by Gasteiger charge is -2.36. The van der Waals surface area contributed by atoms with Gasteiger partial charge in [0.2, 0.25) is 0 Å². The number of benzene rings is 2. The van der Waals surface area contributed by atoms with Crippen molar-refractivity contribution in [3.63, 3.8) is 0 Å². The number of hydrogen-bond acceptors (Lipinski definition) is 4. The average molecular weight is 348 g/mol. The zero-order valence-corrected chi connectivity index (χ0v) is 14.5. The van der Waals surface area contributed by atoms with Gasteiger partial charge in [0.1, 0.15) is 5.82 Å². The molecule has 128 valence electrons. The smallest absolute Gasteiger partial charge is 0.177 e. The number of para-hydroxylation sites is 1. The molecule has 2 aromatic rings. The van der Waals surface area contributed by atoms with E-state index in [0.29, 0.717) is 11.4 Å². The summed E-state index contributed by atoms with van der Waals surface area (Å²) < 4.78 is 37.2. The predicted octanol–water partition coefficient (Wildman–Crippen LogP) is 2.55. The highest BCUT2D eigenvalue weighted by molar-refractivity contribution is 7.90. The van der Waals surface area contributed by atoms with Crippen LogP contribution in [0.2, 0.25) is 0 Å². The summed E-state index contributed by atoms with van der Waals surface area (Å²) >= 11 is 0. The molecule has 2 aromatic carbocycles. The lowest BCUT2D eigenvalue weighted by atomic mass is 10.2. The van der Waals surface area contributed by atoms with Gasteiger partial charge in [-0.15, -0.1) is 0 Å². The van der Waals surface area contributed by atoms with Crippen molar-refractivity contribution >= 4 is 15.5 Å². The molecule has 1 aliphatic heterocycles. The highest BCUT2D eigenvalue weighted by Crippen LogP contribution is 2.26. The van der Waals surface area contributed by atoms with Gasteiger partial charge < -0.3 is 4.90 Å². The van der Waals surface area contributed by atoms with Gasteiger partial charge in [0.15, 0.2) is 9.84 Å². The van der Waals surface area contributed by atoms with Crippen molar-refractivity contribution in [2.75, 3.05) is 37.3 Å². The molecular formula is C18H21FN2O2S. The third-order valence-electron chi connectivity index (χ3n) is 4.27. The number of piperazine rings is 1. The number of halogens is 1. The third-order valence-corrected chi connectivity index (χ3v) is 5.42. The van der Waals surface area contributed by atoms with Crippen LogP contribution in [0.25, 0.3) is 0 Å². The first-order chi connectivity index (χ1) is 11.4. The van der Waals surface area contributed by atoms with E-state index in [-0.39, 0.29) is 5.82 Å². The number of hydrogen-bond donors (Lipinski definition) is 0. The minimum atomic E-state index is -3.25. The second kappa shape index (κ2) is 6.91. The van der Waals surface area contributed by atoms with Crippen LogP contribution in [-0.4, -0.2) is 45.8 Å². The minimum absolute atomic E-state index is 0.215. The maximum Gasteiger partial charge on any atom is 0.177 e. The fourth-order valence-corrected chi connectivity index (χ4v) is 3.98. The Morgan fingerprint density at radius 1 is 1.00 bits per heavy atom. The average Bonchev–Trinajstić information content (AvgIpc) is 2.55. The minimum Gasteiger partial charge on any atom is -0.368 e. The Morgan fingerprint density at radius 3 is 2.38 bits per heavy atom. The molecule has 3 rings (SSSR count). The second-order valence-corrected chi connectivity index (χ2v) is 8.12. The standard InChI is InChI=1S/C18H21FN2O2S/c1-24(22,23)18-8-3-2-7-17(18)21-11-9-20(10-12-21)14-15-5-4-6-16(19)13-15/h2-8,13H,9-12,14H2,1H3. The Bertz CT molecular complexity index is 815. The van der Waals surface area contributed by atoms with Crippen molar-refractivity contribution < 1.29 is 12.8 Å². The monoisotopic (exact) mass is 348 g/mol. The molecule has 0 bridgehead atoms. The van der Waals surface area contributed by atoms with Crippen molar-refractivity contribution in [3.8, 4) is 0 Å². The van der Waals surface area contributed by atoms with E-state index in [1.54, 1.807) is 24.3 Å². The number of sulfone groups is 1. The summed E-state index contributed by atoms with van der Waals surface area (Å²) in [4.78, 5) is 4.75. The van der Waals surface area contributed by atoms with Gasteiger partial charge in [-0.2, -0.15) is 0 Å². The van der Waals surface area contributed by atoms with Gasteiger partial charge in [-0.05, 0) is 29.8 Å². The summed E-state index contributed by atoms with van der Waals surface area (Å²) in [6, 6.07) is 13.8. The topological polar surface area (TPSA) is 40.6 Å². The third kappa shape index (κ3) is 3.94. The van der Waals surface area contributed by atoms with Crippen molar-refractivity contribution in [2.45, 2.75) is 11.4 Å². The lowest BCUT2D eigenvalue weighted by Crippen LogP contribution is -2.46. The maximum absolute atomic E-state index is 13.3. The molecule has 4 nitrogen and oxygen atoms in total. The normalized spacial score (nSPS) is 16.3. The zero-order valence-electron chi connectivity index (χ0n) is 13.7. The van der Waals surface area contributed by atoms with E-state index in [9.17, 15) is 12.8 Å². The van der Waals surface area contributed by atoms with Crippen LogP contribution in [0, 0.1) is 5.82 Å². The van der Waals surface area contributed by atoms with Crippen molar-refractivity contribution in [1.82, 2.24) is 4.90 Å². The summed E-state index contributed by atoms with van der Waals surface area (Å²) in [6.45, 7) is 3.84. The van der Waals surface area contributed by atoms with E-state index in [1.807, 2.05) is 18.2 Å². The molecular weight excluding hydrogens is 327 g/mol. The van der Waals surface area contributed by atoms with Crippen molar-refractivity contribution in [2.24, 2.45) is 0 Å². The van der Waals surface area contributed by atoms with Crippen LogP contribution in [0.15, 0.2) is 53.4 Å². The van der Waals surface area contributed by atoms with E-state index < -0.39 is 9.84 Å². The number of anilines is 1. The van der Waals surface area contributed by atoms with E-state index in [1.165, 1.54) is 12.3 Å². The van der Waals surface area contributed by atoms with Gasteiger partial charge in [0, 0.05) is 39.0 Å². The molecule has 1 fully saturated rings. The highest BCUT2D eigenvalue weighted by atomic mass is 32.2. The van der Waals surface area contributed by atoms with Gasteiger partial charge in [-0.3, -0.25) is 4.90 Å². The molecule has 1 saturated heterocycles. The van der Waals surface area contributed by atoms with Gasteiger partial charge in [0.05, 0.1) is 10.6 Å². The van der Waals surface area contributed by atoms with Crippen LogP contribution in [0.4, 0.5) is 10.1 Å². The molecule has 0 saturated carbocycles. The van der Waals surface area contributed by atoms with Gasteiger partial charge in [-0.1, -0.05) is 24.3 Å². The quantitative estimate of drug-likeness (QED) is 0.851. The molecule has 0 N–H and O–H groups in total. The second-order valence-electron chi connectivity index (χ2n) is 6.13. The summed E-state index contributed by atoms with van der Waals surface area (Å²) in [5, 5.41) is 0. The first-order valence-corrected chi connectivity index (χ1v) is 9.83. The van der Waals surface area contributed by atoms with E-state index in [0.717, 1.165) is 37.4 Å². The van der Waals surface area contributed by atoms with Crippen LogP contribution in [-0.2, 0) is 16.4 Å². The SMILES string of the molecule is CS(=O)(=O)c1ccccc1N1CCN(Cc2cccc(F)c2)CC1. The molecule has 0 amide bonds. The molecule has 0 aliphatic carbocycles. The summed E-state index contributed by atoms with van der Waals surface area (Å²) in [7, 11) is -3.25. The van der Waals surface area contributed by atoms with Crippen molar-refractivity contribution in [1.29, 1.82) is 0 Å². The molecule has 0 atom stereocenters. The van der Waals surface area contributed by atoms with Crippen LogP contribution >= 0.6 is 0 Å². The van der Waals surface area contributed by atoms with Gasteiger partial charge in [-0.25, -0.2) is 12.8 Å². The fourth-order valence-electron chi connectivity index (χ4n) is 3.07. The summed E-state index contributed by atoms with van der Waals surface area (Å²) in [5.74, 6) is -0.215. The van der Waals surface area contributed by atoms with Crippen LogP contribution in [0.3, 0.4) is 0 Å². The van der Waals surface area contributed by atoms with E-state index in [4.69, 9.17) is 0 Å². The molecule has 0 unspecified atom stereocenters. The summed E-state index contributed by atoms with van der Waals surface area (Å²) in [5.41, 5.74) is 1.73. The Balaban J connectivity index is 1.68. The number of nitrogens with zero attached hydrogens (tertiary/aromatic N) is 2. The lowest BCUT2D eigenvalue weighted by molar-refractivity contribution is 0.249. The van der Waals surface area contributed by atoms with Crippen LogP contribution < -0.4 is 4.90 Å². The molecule has 24 heavy (non-hydrogen) atoms. The highest BCUT2D eigenvalue weighted by Gasteiger charge is 2.22. The molecule has 0 aromatic heterocycles. The Labute approximate surface area is 142 Å². The number of rotatable bonds is 4. The van der Waals surface area contributed by atoms with Gasteiger partial charge >= 0.3 is 0 Å². The zero-order chi connectivity index (χ0) is 17.2. The molecule has 0 radical (unpaired) electrons. The largest absolute Gasteiger partial charge is 0.368 e. The Hall–Kier alpha value is -1.92. The van der Waals surface area contributed by atoms with E-state index in [2.05, 4.69) is 9.80 Å². The predicted molar refractivity (Wildman–Crippen MR) is 93.4 cm³/mol.